The Morgan fingerprint density at radius 1 is 1.15 bits per heavy atom. The van der Waals surface area contributed by atoms with Gasteiger partial charge in [0, 0.05) is 12.8 Å². The number of benzene rings is 1. The number of hydrogen-bond acceptors (Lipinski definition) is 5. The van der Waals surface area contributed by atoms with E-state index < -0.39 is 23.4 Å². The minimum absolute atomic E-state index is 0.0533. The maximum Gasteiger partial charge on any atom is 0.344 e. The van der Waals surface area contributed by atoms with Crippen LogP contribution < -0.4 is 10.7 Å². The summed E-state index contributed by atoms with van der Waals surface area (Å²) in [7, 11) is 0. The van der Waals surface area contributed by atoms with Gasteiger partial charge in [-0.3, -0.25) is 19.8 Å². The number of halogens is 1. The van der Waals surface area contributed by atoms with Crippen LogP contribution in [0.5, 0.6) is 0 Å². The molecule has 1 fully saturated rings. The predicted octanol–water partition coefficient (Wildman–Crippen LogP) is 2.86. The van der Waals surface area contributed by atoms with E-state index in [1.807, 2.05) is 0 Å². The summed E-state index contributed by atoms with van der Waals surface area (Å²) in [6.45, 7) is 1.57. The van der Waals surface area contributed by atoms with Gasteiger partial charge in [-0.1, -0.05) is 41.9 Å². The third-order valence-electron chi connectivity index (χ3n) is 4.21. The molecule has 1 saturated heterocycles. The molecule has 2 aromatic rings. The molecule has 0 aliphatic carbocycles. The van der Waals surface area contributed by atoms with Crippen molar-refractivity contribution in [1.29, 1.82) is 0 Å². The fourth-order valence-electron chi connectivity index (χ4n) is 2.70. The highest BCUT2D eigenvalue weighted by molar-refractivity contribution is 7.18. The van der Waals surface area contributed by atoms with E-state index >= 15 is 0 Å². The molecule has 1 aromatic heterocycles. The zero-order chi connectivity index (χ0) is 19.6. The molecule has 1 aliphatic rings. The molecule has 1 aliphatic heterocycles. The number of nitrogens with one attached hydrogen (secondary N) is 2. The standard InChI is InChI=1S/C18H16ClN3O4S/c1-18(11-5-3-2-4-6-11)16(25)22(17(26)20-18)21-15(24)10-7-12(23)13-8-9-14(19)27-13/h2-6,8-9H,7,10H2,1H3,(H,20,26)(H,21,24). The molecule has 1 unspecified atom stereocenters. The Kier molecular flexibility index (Phi) is 5.29. The first-order valence-corrected chi connectivity index (χ1v) is 9.31. The number of amides is 4. The van der Waals surface area contributed by atoms with E-state index in [1.165, 1.54) is 0 Å². The van der Waals surface area contributed by atoms with Crippen LogP contribution in [0, 0.1) is 0 Å². The lowest BCUT2D eigenvalue weighted by Crippen LogP contribution is -2.47. The van der Waals surface area contributed by atoms with Crippen LogP contribution in [0.3, 0.4) is 0 Å². The number of ketones is 1. The van der Waals surface area contributed by atoms with Crippen molar-refractivity contribution in [3.05, 3.63) is 57.2 Å². The third-order valence-corrected chi connectivity index (χ3v) is 5.48. The first kappa shape index (κ1) is 19.1. The zero-order valence-electron chi connectivity index (χ0n) is 14.3. The maximum absolute atomic E-state index is 12.7. The fourth-order valence-corrected chi connectivity index (χ4v) is 3.71. The van der Waals surface area contributed by atoms with Crippen LogP contribution in [-0.4, -0.2) is 28.6 Å². The molecule has 0 bridgehead atoms. The van der Waals surface area contributed by atoms with Crippen LogP contribution in [0.1, 0.15) is 35.0 Å². The molecule has 140 valence electrons. The molecule has 2 N–H and O–H groups in total. The lowest BCUT2D eigenvalue weighted by molar-refractivity contribution is -0.138. The predicted molar refractivity (Wildman–Crippen MR) is 100 cm³/mol. The number of rotatable bonds is 6. The summed E-state index contributed by atoms with van der Waals surface area (Å²) in [6, 6.07) is 11.2. The lowest BCUT2D eigenvalue weighted by Gasteiger charge is -2.22. The Morgan fingerprint density at radius 3 is 2.48 bits per heavy atom. The maximum atomic E-state index is 12.7. The third kappa shape index (κ3) is 3.86. The number of carbonyl (C=O) groups is 4. The Bertz CT molecular complexity index is 914. The van der Waals surface area contributed by atoms with E-state index in [-0.39, 0.29) is 18.6 Å². The van der Waals surface area contributed by atoms with Gasteiger partial charge in [0.25, 0.3) is 5.91 Å². The van der Waals surface area contributed by atoms with E-state index in [2.05, 4.69) is 10.7 Å². The van der Waals surface area contributed by atoms with Gasteiger partial charge in [0.2, 0.25) is 5.91 Å². The van der Waals surface area contributed by atoms with Crippen LogP contribution >= 0.6 is 22.9 Å². The quantitative estimate of drug-likeness (QED) is 0.570. The highest BCUT2D eigenvalue weighted by atomic mass is 35.5. The summed E-state index contributed by atoms with van der Waals surface area (Å²) in [4.78, 5) is 49.5. The number of nitrogens with zero attached hydrogens (tertiary/aromatic N) is 1. The molecule has 0 radical (unpaired) electrons. The zero-order valence-corrected chi connectivity index (χ0v) is 15.9. The van der Waals surface area contributed by atoms with Gasteiger partial charge in [-0.25, -0.2) is 4.79 Å². The first-order valence-electron chi connectivity index (χ1n) is 8.11. The summed E-state index contributed by atoms with van der Waals surface area (Å²) in [5.74, 6) is -1.43. The Balaban J connectivity index is 1.62. The van der Waals surface area contributed by atoms with E-state index in [1.54, 1.807) is 49.4 Å². The summed E-state index contributed by atoms with van der Waals surface area (Å²) < 4.78 is 0.488. The van der Waals surface area contributed by atoms with Crippen LogP contribution in [0.25, 0.3) is 0 Å². The second-order valence-electron chi connectivity index (χ2n) is 6.12. The van der Waals surface area contributed by atoms with Gasteiger partial charge in [0.05, 0.1) is 9.21 Å². The number of Topliss-reactive ketones (excluding diaryl/α,β-unsaturated/α-hetero) is 1. The van der Waals surface area contributed by atoms with Crippen LogP contribution in [0.2, 0.25) is 4.34 Å². The molecule has 27 heavy (non-hydrogen) atoms. The van der Waals surface area contributed by atoms with Gasteiger partial charge in [-0.2, -0.15) is 5.01 Å². The average molecular weight is 406 g/mol. The van der Waals surface area contributed by atoms with Crippen molar-refractivity contribution >= 4 is 46.6 Å². The normalized spacial score (nSPS) is 19.1. The minimum Gasteiger partial charge on any atom is -0.318 e. The molecule has 7 nitrogen and oxygen atoms in total. The van der Waals surface area contributed by atoms with Crippen molar-refractivity contribution in [1.82, 2.24) is 15.8 Å². The second-order valence-corrected chi connectivity index (χ2v) is 7.84. The van der Waals surface area contributed by atoms with E-state index in [0.717, 1.165) is 11.3 Å². The summed E-state index contributed by atoms with van der Waals surface area (Å²) >= 11 is 6.92. The monoisotopic (exact) mass is 405 g/mol. The van der Waals surface area contributed by atoms with E-state index in [4.69, 9.17) is 11.6 Å². The Labute approximate surface area is 164 Å². The van der Waals surface area contributed by atoms with Crippen molar-refractivity contribution in [3.63, 3.8) is 0 Å². The second kappa shape index (κ2) is 7.50. The van der Waals surface area contributed by atoms with Crippen molar-refractivity contribution in [2.75, 3.05) is 0 Å². The molecular formula is C18H16ClN3O4S. The molecule has 3 rings (SSSR count). The van der Waals surface area contributed by atoms with Crippen molar-refractivity contribution in [2.24, 2.45) is 0 Å². The molecule has 1 atom stereocenters. The molecule has 9 heteroatoms. The minimum atomic E-state index is -1.27. The number of hydrazine groups is 1. The molecule has 4 amide bonds. The van der Waals surface area contributed by atoms with Gasteiger partial charge >= 0.3 is 6.03 Å². The van der Waals surface area contributed by atoms with Gasteiger partial charge < -0.3 is 5.32 Å². The number of thiophene rings is 1. The van der Waals surface area contributed by atoms with Crippen LogP contribution in [-0.2, 0) is 15.1 Å². The van der Waals surface area contributed by atoms with Gasteiger partial charge in [0.1, 0.15) is 5.54 Å². The molecule has 1 aromatic carbocycles. The van der Waals surface area contributed by atoms with Gasteiger partial charge in [-0.15, -0.1) is 11.3 Å². The first-order chi connectivity index (χ1) is 12.8. The largest absolute Gasteiger partial charge is 0.344 e. The number of imide groups is 1. The lowest BCUT2D eigenvalue weighted by atomic mass is 9.92. The smallest absolute Gasteiger partial charge is 0.318 e. The SMILES string of the molecule is CC1(c2ccccc2)NC(=O)N(NC(=O)CCC(=O)c2ccc(Cl)s2)C1=O. The van der Waals surface area contributed by atoms with E-state index in [9.17, 15) is 19.2 Å². The topological polar surface area (TPSA) is 95.6 Å². The van der Waals surface area contributed by atoms with E-state index in [0.29, 0.717) is 19.8 Å². The van der Waals surface area contributed by atoms with Crippen molar-refractivity contribution in [2.45, 2.75) is 25.3 Å². The number of urea groups is 1. The summed E-state index contributed by atoms with van der Waals surface area (Å²) in [5.41, 5.74) is 1.61. The van der Waals surface area contributed by atoms with Crippen molar-refractivity contribution in [3.8, 4) is 0 Å². The van der Waals surface area contributed by atoms with Crippen LogP contribution in [0.4, 0.5) is 4.79 Å². The number of carbonyl (C=O) groups excluding carboxylic acids is 4. The highest BCUT2D eigenvalue weighted by Gasteiger charge is 2.49. The number of hydrogen-bond donors (Lipinski definition) is 2. The van der Waals surface area contributed by atoms with Crippen molar-refractivity contribution < 1.29 is 19.2 Å². The molecular weight excluding hydrogens is 390 g/mol. The molecule has 0 spiro atoms. The summed E-state index contributed by atoms with van der Waals surface area (Å²) in [6.07, 6.45) is -0.213. The van der Waals surface area contributed by atoms with Crippen LogP contribution in [0.15, 0.2) is 42.5 Å². The Morgan fingerprint density at radius 2 is 1.85 bits per heavy atom. The van der Waals surface area contributed by atoms with Gasteiger partial charge in [0.15, 0.2) is 5.78 Å². The Hall–Kier alpha value is -2.71. The summed E-state index contributed by atoms with van der Waals surface area (Å²) in [5, 5.41) is 3.24. The molecule has 2 heterocycles. The van der Waals surface area contributed by atoms with Gasteiger partial charge in [-0.05, 0) is 24.6 Å². The average Bonchev–Trinajstić information content (AvgIpc) is 3.18. The fraction of sp³-hybridized carbons (Fsp3) is 0.222. The highest BCUT2D eigenvalue weighted by Crippen LogP contribution is 2.27. The molecule has 0 saturated carbocycles.